The second-order valence-corrected chi connectivity index (χ2v) is 2.89. The van der Waals surface area contributed by atoms with Crippen LogP contribution >= 0.6 is 0 Å². The number of aliphatic imine (C=N–C) groups is 1. The molecular formula is C9H8N3+. The highest BCUT2D eigenvalue weighted by molar-refractivity contribution is 5.75. The van der Waals surface area contributed by atoms with Crippen molar-refractivity contribution in [2.75, 3.05) is 0 Å². The molecule has 0 fully saturated rings. The maximum absolute atomic E-state index is 4.22. The van der Waals surface area contributed by atoms with Gasteiger partial charge >= 0.3 is 5.95 Å². The molecule has 0 aliphatic carbocycles. The van der Waals surface area contributed by atoms with Crippen molar-refractivity contribution >= 4 is 23.2 Å². The van der Waals surface area contributed by atoms with Crippen LogP contribution in [0, 0.1) is 0 Å². The zero-order valence-corrected chi connectivity index (χ0v) is 6.49. The lowest BCUT2D eigenvalue weighted by molar-refractivity contribution is -0.636. The van der Waals surface area contributed by atoms with Crippen LogP contribution < -0.4 is 4.57 Å². The van der Waals surface area contributed by atoms with E-state index in [1.807, 2.05) is 18.3 Å². The second-order valence-electron chi connectivity index (χ2n) is 2.89. The quantitative estimate of drug-likeness (QED) is 0.558. The number of imidazole rings is 1. The van der Waals surface area contributed by atoms with Crippen molar-refractivity contribution in [3.05, 3.63) is 24.3 Å². The van der Waals surface area contributed by atoms with Crippen LogP contribution in [0.15, 0.2) is 29.3 Å². The Labute approximate surface area is 69.4 Å². The van der Waals surface area contributed by atoms with E-state index in [9.17, 15) is 0 Å². The molecule has 12 heavy (non-hydrogen) atoms. The molecule has 2 heterocycles. The van der Waals surface area contributed by atoms with Crippen molar-refractivity contribution in [1.82, 2.24) is 4.98 Å². The van der Waals surface area contributed by atoms with Gasteiger partial charge in [0.15, 0.2) is 0 Å². The summed E-state index contributed by atoms with van der Waals surface area (Å²) in [6.07, 6.45) is 1.91. The predicted molar refractivity (Wildman–Crippen MR) is 46.6 cm³/mol. The molecule has 1 aliphatic rings. The van der Waals surface area contributed by atoms with Gasteiger partial charge in [-0.05, 0) is 12.1 Å². The Balaban J connectivity index is 2.49. The molecule has 3 rings (SSSR count). The van der Waals surface area contributed by atoms with Crippen molar-refractivity contribution in [3.8, 4) is 0 Å². The molecule has 58 valence electrons. The summed E-state index contributed by atoms with van der Waals surface area (Å²) in [5.74, 6) is 0.955. The average molecular weight is 158 g/mol. The van der Waals surface area contributed by atoms with E-state index in [1.165, 1.54) is 5.52 Å². The number of hydrogen-bond donors (Lipinski definition) is 1. The molecule has 1 aromatic carbocycles. The summed E-state index contributed by atoms with van der Waals surface area (Å²) < 4.78 is 2.16. The van der Waals surface area contributed by atoms with Crippen molar-refractivity contribution in [3.63, 3.8) is 0 Å². The van der Waals surface area contributed by atoms with Crippen LogP contribution in [-0.4, -0.2) is 11.2 Å². The predicted octanol–water partition coefficient (Wildman–Crippen LogP) is 1.17. The molecule has 0 unspecified atom stereocenters. The molecule has 1 aliphatic heterocycles. The van der Waals surface area contributed by atoms with E-state index in [0.717, 1.165) is 18.0 Å². The lowest BCUT2D eigenvalue weighted by Gasteiger charge is -1.87. The molecule has 1 aromatic heterocycles. The molecular weight excluding hydrogens is 150 g/mol. The average Bonchev–Trinajstić information content (AvgIpc) is 2.62. The zero-order chi connectivity index (χ0) is 7.97. The SMILES string of the molecule is C1=Nc2[nH]c3ccccc3[n+]2C1. The van der Waals surface area contributed by atoms with Gasteiger partial charge in [-0.1, -0.05) is 17.1 Å². The molecule has 2 aromatic rings. The van der Waals surface area contributed by atoms with Crippen LogP contribution in [0.1, 0.15) is 0 Å². The van der Waals surface area contributed by atoms with Crippen LogP contribution in [0.5, 0.6) is 0 Å². The number of rotatable bonds is 0. The highest BCUT2D eigenvalue weighted by Gasteiger charge is 2.19. The zero-order valence-electron chi connectivity index (χ0n) is 6.49. The molecule has 0 saturated heterocycles. The topological polar surface area (TPSA) is 32.0 Å². The summed E-state index contributed by atoms with van der Waals surface area (Å²) >= 11 is 0. The number of aromatic amines is 1. The number of H-pyrrole nitrogens is 1. The van der Waals surface area contributed by atoms with Crippen LogP contribution in [0.3, 0.4) is 0 Å². The van der Waals surface area contributed by atoms with Gasteiger partial charge in [-0.25, -0.2) is 9.55 Å². The molecule has 3 nitrogen and oxygen atoms in total. The van der Waals surface area contributed by atoms with Crippen LogP contribution in [0.4, 0.5) is 5.95 Å². The van der Waals surface area contributed by atoms with Gasteiger partial charge in [0.1, 0.15) is 23.8 Å². The minimum Gasteiger partial charge on any atom is -0.238 e. The Morgan fingerprint density at radius 2 is 2.25 bits per heavy atom. The van der Waals surface area contributed by atoms with Gasteiger partial charge in [0.25, 0.3) is 0 Å². The van der Waals surface area contributed by atoms with Gasteiger partial charge in [0.05, 0.1) is 0 Å². The van der Waals surface area contributed by atoms with Gasteiger partial charge < -0.3 is 0 Å². The number of nitrogens with one attached hydrogen (secondary N) is 1. The third kappa shape index (κ3) is 0.605. The largest absolute Gasteiger partial charge is 0.397 e. The summed E-state index contributed by atoms with van der Waals surface area (Å²) in [5, 5.41) is 0. The fourth-order valence-corrected chi connectivity index (χ4v) is 1.61. The van der Waals surface area contributed by atoms with Crippen molar-refractivity contribution < 1.29 is 4.57 Å². The molecule has 0 radical (unpaired) electrons. The maximum atomic E-state index is 4.22. The second kappa shape index (κ2) is 1.94. The van der Waals surface area contributed by atoms with Gasteiger partial charge in [0, 0.05) is 0 Å². The monoisotopic (exact) mass is 158 g/mol. The highest BCUT2D eigenvalue weighted by Crippen LogP contribution is 2.15. The van der Waals surface area contributed by atoms with E-state index in [1.54, 1.807) is 0 Å². The third-order valence-electron chi connectivity index (χ3n) is 2.17. The highest BCUT2D eigenvalue weighted by atomic mass is 15.2. The van der Waals surface area contributed by atoms with E-state index in [0.29, 0.717) is 0 Å². The maximum Gasteiger partial charge on any atom is 0.397 e. The Morgan fingerprint density at radius 3 is 3.25 bits per heavy atom. The van der Waals surface area contributed by atoms with E-state index in [-0.39, 0.29) is 0 Å². The Bertz CT molecular complexity index is 468. The first-order chi connectivity index (χ1) is 5.95. The normalized spacial score (nSPS) is 14.0. The fraction of sp³-hybridized carbons (Fsp3) is 0.111. The van der Waals surface area contributed by atoms with Crippen LogP contribution in [-0.2, 0) is 6.54 Å². The minimum atomic E-state index is 0.888. The molecule has 0 saturated carbocycles. The van der Waals surface area contributed by atoms with Gasteiger partial charge in [-0.2, -0.15) is 0 Å². The summed E-state index contributed by atoms with van der Waals surface area (Å²) in [5.41, 5.74) is 2.38. The van der Waals surface area contributed by atoms with Gasteiger partial charge in [0.2, 0.25) is 0 Å². The van der Waals surface area contributed by atoms with Crippen molar-refractivity contribution in [2.24, 2.45) is 4.99 Å². The van der Waals surface area contributed by atoms with Crippen LogP contribution in [0.2, 0.25) is 0 Å². The third-order valence-corrected chi connectivity index (χ3v) is 2.17. The number of aromatic nitrogens is 2. The van der Waals surface area contributed by atoms with Crippen molar-refractivity contribution in [1.29, 1.82) is 0 Å². The Morgan fingerprint density at radius 1 is 1.33 bits per heavy atom. The number of fused-ring (bicyclic) bond motifs is 3. The van der Waals surface area contributed by atoms with Gasteiger partial charge in [-0.3, -0.25) is 0 Å². The summed E-state index contributed by atoms with van der Waals surface area (Å²) in [6.45, 7) is 0.888. The number of nitrogens with zero attached hydrogens (tertiary/aromatic N) is 2. The standard InChI is InChI=1S/C9H7N3/c1-2-4-8-7(3-1)11-9-10-5-6-12(8)9/h1-5H,6H2/p+1. The summed E-state index contributed by atoms with van der Waals surface area (Å²) in [6, 6.07) is 8.24. The number of para-hydroxylation sites is 2. The first kappa shape index (κ1) is 5.94. The molecule has 0 amide bonds. The van der Waals surface area contributed by atoms with Crippen LogP contribution in [0.25, 0.3) is 11.0 Å². The first-order valence-electron chi connectivity index (χ1n) is 3.98. The molecule has 1 N–H and O–H groups in total. The minimum absolute atomic E-state index is 0.888. The molecule has 0 atom stereocenters. The van der Waals surface area contributed by atoms with E-state index in [2.05, 4.69) is 26.7 Å². The summed E-state index contributed by atoms with van der Waals surface area (Å²) in [4.78, 5) is 7.46. The lowest BCUT2D eigenvalue weighted by atomic mass is 10.3. The number of hydrogen-bond acceptors (Lipinski definition) is 1. The molecule has 0 spiro atoms. The summed E-state index contributed by atoms with van der Waals surface area (Å²) in [7, 11) is 0. The lowest BCUT2D eigenvalue weighted by Crippen LogP contribution is -2.29. The van der Waals surface area contributed by atoms with E-state index in [4.69, 9.17) is 0 Å². The number of benzene rings is 1. The van der Waals surface area contributed by atoms with E-state index < -0.39 is 0 Å². The Kier molecular flexibility index (Phi) is 0.961. The van der Waals surface area contributed by atoms with Gasteiger partial charge in [-0.15, -0.1) is 0 Å². The fourth-order valence-electron chi connectivity index (χ4n) is 1.61. The molecule has 0 bridgehead atoms. The molecule has 3 heteroatoms. The van der Waals surface area contributed by atoms with Crippen molar-refractivity contribution in [2.45, 2.75) is 6.54 Å². The first-order valence-corrected chi connectivity index (χ1v) is 3.98. The smallest absolute Gasteiger partial charge is 0.238 e. The Hall–Kier alpha value is -1.64. The van der Waals surface area contributed by atoms with E-state index >= 15 is 0 Å².